The van der Waals surface area contributed by atoms with E-state index in [1.54, 1.807) is 12.1 Å². The van der Waals surface area contributed by atoms with Crippen molar-refractivity contribution < 1.29 is 29.2 Å². The van der Waals surface area contributed by atoms with Gasteiger partial charge in [0.2, 0.25) is 0 Å². The molecule has 2 aliphatic rings. The summed E-state index contributed by atoms with van der Waals surface area (Å²) < 4.78 is 19.3. The first kappa shape index (κ1) is 40.3. The molecule has 0 bridgehead atoms. The van der Waals surface area contributed by atoms with Crippen LogP contribution in [0.15, 0.2) is 152 Å². The van der Waals surface area contributed by atoms with E-state index >= 15 is 0 Å². The van der Waals surface area contributed by atoms with Gasteiger partial charge in [-0.15, -0.1) is 0 Å². The number of nitrogens with one attached hydrogen (secondary N) is 2. The summed E-state index contributed by atoms with van der Waals surface area (Å²) in [5.74, 6) is 1.43. The van der Waals surface area contributed by atoms with Gasteiger partial charge in [0, 0.05) is 48.9 Å². The Balaban J connectivity index is 0.916. The number of urea groups is 1. The second-order valence-corrected chi connectivity index (χ2v) is 15.7. The molecule has 3 atom stereocenters. The lowest BCUT2D eigenvalue weighted by atomic mass is 9.84. The monoisotopic (exact) mass is 809 g/mol. The molecule has 2 aliphatic heterocycles. The summed E-state index contributed by atoms with van der Waals surface area (Å²) >= 11 is 6.12. The van der Waals surface area contributed by atoms with Crippen LogP contribution in [0.2, 0.25) is 5.02 Å². The summed E-state index contributed by atoms with van der Waals surface area (Å²) in [4.78, 5) is 15.2. The quantitative estimate of drug-likeness (QED) is 0.0974. The predicted octanol–water partition coefficient (Wildman–Crippen LogP) is 10.1. The van der Waals surface area contributed by atoms with Crippen molar-refractivity contribution in [2.45, 2.75) is 56.5 Å². The normalized spacial score (nSPS) is 19.1. The minimum Gasteiger partial charge on any atom is -0.457 e. The fourth-order valence-corrected chi connectivity index (χ4v) is 7.92. The van der Waals surface area contributed by atoms with Gasteiger partial charge in [-0.2, -0.15) is 0 Å². The van der Waals surface area contributed by atoms with Crippen LogP contribution >= 0.6 is 11.6 Å². The Hall–Kier alpha value is -5.52. The summed E-state index contributed by atoms with van der Waals surface area (Å²) in [6, 6.07) is 48.2. The third-order valence-electron chi connectivity index (χ3n) is 11.1. The van der Waals surface area contributed by atoms with E-state index in [1.165, 1.54) is 0 Å². The molecular weight excluding hydrogens is 762 g/mol. The Morgan fingerprint density at radius 3 is 2.17 bits per heavy atom. The van der Waals surface area contributed by atoms with E-state index < -0.39 is 11.9 Å². The van der Waals surface area contributed by atoms with E-state index in [-0.39, 0.29) is 24.8 Å². The molecule has 0 unspecified atom stereocenters. The highest BCUT2D eigenvalue weighted by molar-refractivity contribution is 6.30. The minimum absolute atomic E-state index is 0.0186. The van der Waals surface area contributed by atoms with Crippen molar-refractivity contribution in [1.29, 1.82) is 0 Å². The number of aliphatic hydroxyl groups is 2. The Labute approximate surface area is 350 Å². The van der Waals surface area contributed by atoms with Crippen LogP contribution in [0.3, 0.4) is 0 Å². The first-order valence-corrected chi connectivity index (χ1v) is 20.4. The largest absolute Gasteiger partial charge is 0.457 e. The van der Waals surface area contributed by atoms with Crippen LogP contribution in [0.1, 0.15) is 59.5 Å². The number of piperidine rings is 1. The van der Waals surface area contributed by atoms with Crippen molar-refractivity contribution in [2.24, 2.45) is 0 Å². The summed E-state index contributed by atoms with van der Waals surface area (Å²) in [5, 5.41) is 27.7. The molecule has 0 saturated carbocycles. The summed E-state index contributed by atoms with van der Waals surface area (Å²) in [6.07, 6.45) is 0.958. The molecule has 0 aliphatic carbocycles. The molecule has 4 N–H and O–H groups in total. The lowest BCUT2D eigenvalue weighted by Crippen LogP contribution is -2.46. The molecule has 2 fully saturated rings. The van der Waals surface area contributed by atoms with E-state index in [4.69, 9.17) is 25.8 Å². The van der Waals surface area contributed by atoms with Gasteiger partial charge in [0.25, 0.3) is 0 Å². The summed E-state index contributed by atoms with van der Waals surface area (Å²) in [7, 11) is 0. The Bertz CT molecular complexity index is 2300. The van der Waals surface area contributed by atoms with Crippen LogP contribution < -0.4 is 15.4 Å². The number of carbonyl (C=O) groups excluding carboxylic acids is 1. The molecular formula is C49H48ClN3O6. The predicted molar refractivity (Wildman–Crippen MR) is 230 cm³/mol. The fourth-order valence-electron chi connectivity index (χ4n) is 7.79. The van der Waals surface area contributed by atoms with Crippen LogP contribution in [0.5, 0.6) is 11.5 Å². The molecule has 6 aromatic rings. The summed E-state index contributed by atoms with van der Waals surface area (Å²) in [5.41, 5.74) is 6.42. The zero-order chi connectivity index (χ0) is 40.6. The fraction of sp³-hybridized carbons (Fsp3) is 0.245. The Kier molecular flexibility index (Phi) is 12.7. The second-order valence-electron chi connectivity index (χ2n) is 15.3. The first-order valence-electron chi connectivity index (χ1n) is 20.1. The average molecular weight is 810 g/mol. The molecule has 9 nitrogen and oxygen atoms in total. The van der Waals surface area contributed by atoms with Gasteiger partial charge in [-0.25, -0.2) is 4.79 Å². The van der Waals surface area contributed by atoms with E-state index in [2.05, 4.69) is 39.8 Å². The summed E-state index contributed by atoms with van der Waals surface area (Å²) in [6.45, 7) is 2.50. The molecule has 0 spiro atoms. The number of para-hydroxylation sites is 1. The lowest BCUT2D eigenvalue weighted by molar-refractivity contribution is -0.253. The highest BCUT2D eigenvalue weighted by Crippen LogP contribution is 2.40. The van der Waals surface area contributed by atoms with Crippen LogP contribution in [0.25, 0.3) is 11.1 Å². The standard InChI is InChI=1S/C49H48ClN3O6/c50-41-18-16-40(17-19-41)49(56)24-26-53(27-25-49)32-45-30-46(36-14-12-34(33-54)13-15-36)59-47(58-45)39-9-5-8-38(29-39)37-7-4-6-35(28-37)31-51-48(55)52-42-20-22-44(23-21-42)57-43-10-2-1-3-11-43/h1-23,28-29,45-47,54,56H,24-27,30-33H2,(H2,51,52,55)/t45-,46+,47+/m0/s1. The molecule has 6 aromatic carbocycles. The third kappa shape index (κ3) is 10.4. The van der Waals surface area contributed by atoms with Gasteiger partial charge in [0.1, 0.15) is 11.5 Å². The lowest BCUT2D eigenvalue weighted by Gasteiger charge is -2.42. The maximum Gasteiger partial charge on any atom is 0.319 e. The molecule has 2 saturated heterocycles. The third-order valence-corrected chi connectivity index (χ3v) is 11.4. The van der Waals surface area contributed by atoms with Gasteiger partial charge in [0.05, 0.1) is 24.4 Å². The molecule has 0 aromatic heterocycles. The van der Waals surface area contributed by atoms with Gasteiger partial charge in [-0.05, 0) is 107 Å². The average Bonchev–Trinajstić information content (AvgIpc) is 3.28. The Morgan fingerprint density at radius 2 is 1.44 bits per heavy atom. The van der Waals surface area contributed by atoms with E-state index in [1.807, 2.05) is 115 Å². The van der Waals surface area contributed by atoms with Crippen molar-refractivity contribution in [3.63, 3.8) is 0 Å². The molecule has 59 heavy (non-hydrogen) atoms. The molecule has 8 rings (SSSR count). The molecule has 302 valence electrons. The van der Waals surface area contributed by atoms with E-state index in [0.717, 1.165) is 57.8 Å². The SMILES string of the molecule is O=C(NCc1cccc(-c2cccc([C@@H]3O[C@H](CN4CCC(O)(c5ccc(Cl)cc5)CC4)C[C@H](c4ccc(CO)cc4)O3)c2)c1)Nc1ccc(Oc2ccccc2)cc1. The minimum atomic E-state index is -0.885. The maximum absolute atomic E-state index is 12.8. The zero-order valence-electron chi connectivity index (χ0n) is 32.7. The number of hydrogen-bond acceptors (Lipinski definition) is 7. The van der Waals surface area contributed by atoms with Crippen molar-refractivity contribution in [2.75, 3.05) is 25.0 Å². The van der Waals surface area contributed by atoms with Crippen molar-refractivity contribution in [3.05, 3.63) is 184 Å². The molecule has 2 heterocycles. The number of anilines is 1. The van der Waals surface area contributed by atoms with Crippen LogP contribution in [0.4, 0.5) is 10.5 Å². The smallest absolute Gasteiger partial charge is 0.319 e. The van der Waals surface area contributed by atoms with Gasteiger partial charge >= 0.3 is 6.03 Å². The molecule has 10 heteroatoms. The van der Waals surface area contributed by atoms with Crippen LogP contribution in [-0.4, -0.2) is 46.9 Å². The van der Waals surface area contributed by atoms with Crippen LogP contribution in [0, 0.1) is 0 Å². The number of nitrogens with zero attached hydrogens (tertiary/aromatic N) is 1. The number of amides is 2. The number of halogens is 1. The van der Waals surface area contributed by atoms with Crippen molar-refractivity contribution >= 4 is 23.3 Å². The molecule has 2 amide bonds. The van der Waals surface area contributed by atoms with Gasteiger partial charge in [-0.1, -0.05) is 103 Å². The second kappa shape index (κ2) is 18.6. The number of rotatable bonds is 12. The Morgan fingerprint density at radius 1 is 0.746 bits per heavy atom. The van der Waals surface area contributed by atoms with Gasteiger partial charge < -0.3 is 40.0 Å². The number of aliphatic hydroxyl groups excluding tert-OH is 1. The topological polar surface area (TPSA) is 113 Å². The van der Waals surface area contributed by atoms with Gasteiger partial charge in [0.15, 0.2) is 6.29 Å². The van der Waals surface area contributed by atoms with Crippen molar-refractivity contribution in [3.8, 4) is 22.6 Å². The molecule has 0 radical (unpaired) electrons. The maximum atomic E-state index is 12.8. The first-order chi connectivity index (χ1) is 28.8. The van der Waals surface area contributed by atoms with Gasteiger partial charge in [-0.3, -0.25) is 0 Å². The zero-order valence-corrected chi connectivity index (χ0v) is 33.4. The number of likely N-dealkylation sites (tertiary alicyclic amines) is 1. The number of benzene rings is 6. The van der Waals surface area contributed by atoms with E-state index in [0.29, 0.717) is 48.8 Å². The number of ether oxygens (including phenoxy) is 3. The van der Waals surface area contributed by atoms with Crippen molar-refractivity contribution in [1.82, 2.24) is 10.2 Å². The van der Waals surface area contributed by atoms with E-state index in [9.17, 15) is 15.0 Å². The number of carbonyl (C=O) groups is 1. The van der Waals surface area contributed by atoms with Crippen LogP contribution in [-0.2, 0) is 28.2 Å². The highest BCUT2D eigenvalue weighted by Gasteiger charge is 2.37. The highest BCUT2D eigenvalue weighted by atomic mass is 35.5. The number of hydrogen-bond donors (Lipinski definition) is 4.